The maximum atomic E-state index is 13.6. The molecule has 1 fully saturated rings. The first-order chi connectivity index (χ1) is 13.4. The average Bonchev–Trinajstić information content (AvgIpc) is 3.26. The largest absolute Gasteiger partial charge is 0.414 e. The molecule has 3 heterocycles. The summed E-state index contributed by atoms with van der Waals surface area (Å²) in [6, 6.07) is 8.07. The maximum absolute atomic E-state index is 13.6. The second-order valence-electron chi connectivity index (χ2n) is 6.49. The molecule has 1 atom stereocenters. The lowest BCUT2D eigenvalue weighted by molar-refractivity contribution is -0.0826. The third kappa shape index (κ3) is 3.28. The van der Waals surface area contributed by atoms with E-state index in [4.69, 9.17) is 16.4 Å². The van der Waals surface area contributed by atoms with Gasteiger partial charge in [0.25, 0.3) is 10.0 Å². The van der Waals surface area contributed by atoms with Crippen molar-refractivity contribution >= 4 is 32.7 Å². The second kappa shape index (κ2) is 7.20. The molecule has 0 N–H and O–H groups in total. The summed E-state index contributed by atoms with van der Waals surface area (Å²) in [4.78, 5) is 9.56. The minimum Gasteiger partial charge on any atom is -0.414 e. The van der Waals surface area contributed by atoms with Gasteiger partial charge in [0.1, 0.15) is 17.2 Å². The van der Waals surface area contributed by atoms with Gasteiger partial charge in [0.2, 0.25) is 0 Å². The minimum atomic E-state index is -4.00. The van der Waals surface area contributed by atoms with Crippen molar-refractivity contribution in [3.05, 3.63) is 72.0 Å². The Bertz CT molecular complexity index is 1160. The van der Waals surface area contributed by atoms with E-state index in [0.717, 1.165) is 22.0 Å². The summed E-state index contributed by atoms with van der Waals surface area (Å²) in [5.74, 6) is -0.607. The molecule has 6 nitrogen and oxygen atoms in total. The molecule has 1 aliphatic rings. The van der Waals surface area contributed by atoms with Gasteiger partial charge < -0.3 is 4.84 Å². The summed E-state index contributed by atoms with van der Waals surface area (Å²) in [5, 5.41) is 2.03. The lowest BCUT2D eigenvalue weighted by Crippen LogP contribution is -2.17. The van der Waals surface area contributed by atoms with Crippen LogP contribution in [0.1, 0.15) is 17.9 Å². The summed E-state index contributed by atoms with van der Waals surface area (Å²) in [5.41, 5.74) is 1.66. The minimum absolute atomic E-state index is 0.0115. The van der Waals surface area contributed by atoms with Crippen LogP contribution in [-0.4, -0.2) is 35.5 Å². The Balaban J connectivity index is 1.85. The summed E-state index contributed by atoms with van der Waals surface area (Å²) in [6.07, 6.45) is 3.67. The molecular weight excluding hydrogens is 405 g/mol. The Hall–Kier alpha value is -2.42. The van der Waals surface area contributed by atoms with E-state index in [-0.39, 0.29) is 16.0 Å². The van der Waals surface area contributed by atoms with Gasteiger partial charge in [0.05, 0.1) is 15.9 Å². The molecule has 0 spiro atoms. The smallest absolute Gasteiger partial charge is 0.268 e. The van der Waals surface area contributed by atoms with Crippen molar-refractivity contribution in [3.8, 4) is 0 Å². The number of halogens is 2. The first-order valence-electron chi connectivity index (χ1n) is 8.61. The van der Waals surface area contributed by atoms with E-state index in [1.165, 1.54) is 30.5 Å². The topological polar surface area (TPSA) is 64.4 Å². The number of fused-ring (bicyclic) bond motifs is 1. The predicted octanol–water partition coefficient (Wildman–Crippen LogP) is 3.93. The van der Waals surface area contributed by atoms with Crippen molar-refractivity contribution in [1.29, 1.82) is 0 Å². The van der Waals surface area contributed by atoms with Gasteiger partial charge in [-0.15, -0.1) is 5.06 Å². The second-order valence-corrected chi connectivity index (χ2v) is 8.69. The molecule has 1 aliphatic heterocycles. The van der Waals surface area contributed by atoms with E-state index < -0.39 is 15.8 Å². The molecule has 4 rings (SSSR count). The van der Waals surface area contributed by atoms with Crippen molar-refractivity contribution in [1.82, 2.24) is 14.0 Å². The molecule has 1 saturated heterocycles. The number of hydrogen-bond acceptors (Lipinski definition) is 5. The van der Waals surface area contributed by atoms with Gasteiger partial charge in [-0.2, -0.15) is 0 Å². The van der Waals surface area contributed by atoms with Gasteiger partial charge in [-0.25, -0.2) is 21.8 Å². The number of benzene rings is 1. The lowest BCUT2D eigenvalue weighted by atomic mass is 10.0. The monoisotopic (exact) mass is 421 g/mol. The molecule has 0 bridgehead atoms. The average molecular weight is 422 g/mol. The fourth-order valence-electron chi connectivity index (χ4n) is 3.50. The van der Waals surface area contributed by atoms with Crippen molar-refractivity contribution < 1.29 is 17.6 Å². The molecule has 0 amide bonds. The van der Waals surface area contributed by atoms with Crippen LogP contribution in [0.5, 0.6) is 0 Å². The van der Waals surface area contributed by atoms with Crippen LogP contribution in [-0.2, 0) is 14.9 Å². The maximum Gasteiger partial charge on any atom is 0.268 e. The molecule has 0 aliphatic carbocycles. The highest BCUT2D eigenvalue weighted by Crippen LogP contribution is 2.35. The van der Waals surface area contributed by atoms with E-state index in [1.54, 1.807) is 17.3 Å². The highest BCUT2D eigenvalue weighted by atomic mass is 35.5. The van der Waals surface area contributed by atoms with E-state index in [2.05, 4.69) is 11.6 Å². The first-order valence-corrected chi connectivity index (χ1v) is 10.4. The van der Waals surface area contributed by atoms with Gasteiger partial charge in [-0.05, 0) is 36.8 Å². The Kier molecular flexibility index (Phi) is 4.86. The summed E-state index contributed by atoms with van der Waals surface area (Å²) >= 11 is 6.07. The van der Waals surface area contributed by atoms with Crippen LogP contribution in [0.4, 0.5) is 4.39 Å². The standard InChI is InChI=1S/C19H17ClFN3O3S/c1-2-27-23-9-8-13(11-23)16-12-24(17-6-7-18(20)22-19(16)17)28(25,26)15-5-3-4-14(21)10-15/h2-7,10,12-13H,1,8-9,11H2. The Morgan fingerprint density at radius 2 is 2.14 bits per heavy atom. The molecular formula is C19H17ClFN3O3S. The van der Waals surface area contributed by atoms with Crippen LogP contribution in [0.15, 0.2) is 60.3 Å². The Morgan fingerprint density at radius 3 is 2.89 bits per heavy atom. The van der Waals surface area contributed by atoms with E-state index in [0.29, 0.717) is 24.1 Å². The van der Waals surface area contributed by atoms with Crippen LogP contribution in [0, 0.1) is 5.82 Å². The number of hydroxylamine groups is 2. The van der Waals surface area contributed by atoms with E-state index in [1.807, 2.05) is 0 Å². The molecule has 146 valence electrons. The van der Waals surface area contributed by atoms with Gasteiger partial charge in [0, 0.05) is 30.8 Å². The summed E-state index contributed by atoms with van der Waals surface area (Å²) < 4.78 is 41.1. The molecule has 1 aromatic carbocycles. The van der Waals surface area contributed by atoms with Crippen molar-refractivity contribution in [2.75, 3.05) is 13.1 Å². The third-order valence-corrected chi connectivity index (χ3v) is 6.65. The Labute approximate surface area is 166 Å². The Morgan fingerprint density at radius 1 is 1.32 bits per heavy atom. The fourth-order valence-corrected chi connectivity index (χ4v) is 5.04. The van der Waals surface area contributed by atoms with Crippen molar-refractivity contribution in [3.63, 3.8) is 0 Å². The zero-order valence-electron chi connectivity index (χ0n) is 14.8. The van der Waals surface area contributed by atoms with Gasteiger partial charge in [-0.3, -0.25) is 0 Å². The highest BCUT2D eigenvalue weighted by molar-refractivity contribution is 7.90. The molecule has 1 unspecified atom stereocenters. The van der Waals surface area contributed by atoms with Crippen LogP contribution < -0.4 is 0 Å². The zero-order chi connectivity index (χ0) is 19.9. The fraction of sp³-hybridized carbons (Fsp3) is 0.211. The summed E-state index contributed by atoms with van der Waals surface area (Å²) in [7, 11) is -4.00. The number of aromatic nitrogens is 2. The molecule has 2 aromatic heterocycles. The first kappa shape index (κ1) is 18.9. The number of hydrogen-bond donors (Lipinski definition) is 0. The van der Waals surface area contributed by atoms with Crippen molar-refractivity contribution in [2.24, 2.45) is 0 Å². The molecule has 0 saturated carbocycles. The van der Waals surface area contributed by atoms with Crippen LogP contribution in [0.2, 0.25) is 5.15 Å². The van der Waals surface area contributed by atoms with E-state index >= 15 is 0 Å². The highest BCUT2D eigenvalue weighted by Gasteiger charge is 2.30. The number of pyridine rings is 1. The molecule has 0 radical (unpaired) electrons. The van der Waals surface area contributed by atoms with Crippen molar-refractivity contribution in [2.45, 2.75) is 17.2 Å². The lowest BCUT2D eigenvalue weighted by Gasteiger charge is -2.13. The SMILES string of the molecule is C=CON1CCC(c2cn(S(=O)(=O)c3cccc(F)c3)c3ccc(Cl)nc23)C1. The molecule has 3 aromatic rings. The van der Waals surface area contributed by atoms with E-state index in [9.17, 15) is 12.8 Å². The van der Waals surface area contributed by atoms with Crippen LogP contribution in [0.3, 0.4) is 0 Å². The molecule has 28 heavy (non-hydrogen) atoms. The normalized spacial score (nSPS) is 17.9. The van der Waals surface area contributed by atoms with Crippen LogP contribution in [0.25, 0.3) is 11.0 Å². The van der Waals surface area contributed by atoms with Crippen LogP contribution >= 0.6 is 11.6 Å². The molecule has 9 heteroatoms. The summed E-state index contributed by atoms with van der Waals surface area (Å²) in [6.45, 7) is 4.80. The van der Waals surface area contributed by atoms with Gasteiger partial charge in [0.15, 0.2) is 0 Å². The van der Waals surface area contributed by atoms with Gasteiger partial charge >= 0.3 is 0 Å². The van der Waals surface area contributed by atoms with Gasteiger partial charge in [-0.1, -0.05) is 24.2 Å². The zero-order valence-corrected chi connectivity index (χ0v) is 16.3. The number of nitrogens with zero attached hydrogens (tertiary/aromatic N) is 3. The third-order valence-electron chi connectivity index (χ3n) is 4.77. The number of rotatable bonds is 5. The quantitative estimate of drug-likeness (QED) is 0.461. The predicted molar refractivity (Wildman–Crippen MR) is 104 cm³/mol.